The second kappa shape index (κ2) is 7.11. The molecule has 1 aromatic heterocycles. The molecule has 0 bridgehead atoms. The molecule has 0 fully saturated rings. The van der Waals surface area contributed by atoms with Gasteiger partial charge < -0.3 is 14.6 Å². The van der Waals surface area contributed by atoms with E-state index in [1.54, 1.807) is 7.11 Å². The summed E-state index contributed by atoms with van der Waals surface area (Å²) in [4.78, 5) is 25.6. The van der Waals surface area contributed by atoms with Gasteiger partial charge in [0.1, 0.15) is 5.75 Å². The minimum Gasteiger partial charge on any atom is -0.495 e. The van der Waals surface area contributed by atoms with E-state index in [9.17, 15) is 9.59 Å². The first-order valence-corrected chi connectivity index (χ1v) is 8.92. The number of aromatic nitrogens is 1. The van der Waals surface area contributed by atoms with Crippen molar-refractivity contribution in [2.75, 3.05) is 12.4 Å². The highest BCUT2D eigenvalue weighted by Crippen LogP contribution is 2.33. The van der Waals surface area contributed by atoms with Gasteiger partial charge in [0.25, 0.3) is 0 Å². The van der Waals surface area contributed by atoms with Crippen LogP contribution in [0.2, 0.25) is 0 Å². The Bertz CT molecular complexity index is 992. The lowest BCUT2D eigenvalue weighted by atomic mass is 10.0. The van der Waals surface area contributed by atoms with Gasteiger partial charge in [-0.15, -0.1) is 0 Å². The summed E-state index contributed by atoms with van der Waals surface area (Å²) in [7, 11) is 1.58. The lowest BCUT2D eigenvalue weighted by Crippen LogP contribution is -2.19. The highest BCUT2D eigenvalue weighted by molar-refractivity contribution is 6.08. The van der Waals surface area contributed by atoms with E-state index in [2.05, 4.69) is 5.32 Å². The Balaban J connectivity index is 1.57. The number of carbonyl (C=O) groups excluding carboxylic acids is 2. The van der Waals surface area contributed by atoms with E-state index >= 15 is 0 Å². The Labute approximate surface area is 157 Å². The maximum Gasteiger partial charge on any atom is 0.233 e. The third kappa shape index (κ3) is 3.12. The van der Waals surface area contributed by atoms with Crippen LogP contribution in [0, 0.1) is 0 Å². The lowest BCUT2D eigenvalue weighted by molar-refractivity contribution is -0.117. The number of hydrogen-bond donors (Lipinski definition) is 1. The molecule has 1 aliphatic rings. The van der Waals surface area contributed by atoms with Gasteiger partial charge in [-0.2, -0.15) is 0 Å². The summed E-state index contributed by atoms with van der Waals surface area (Å²) in [6.45, 7) is 0.653. The highest BCUT2D eigenvalue weighted by Gasteiger charge is 2.32. The van der Waals surface area contributed by atoms with E-state index in [-0.39, 0.29) is 17.6 Å². The molecular formula is C22H20N2O3. The smallest absolute Gasteiger partial charge is 0.233 e. The molecule has 2 aromatic carbocycles. The number of nitrogens with one attached hydrogen (secondary N) is 1. The van der Waals surface area contributed by atoms with Gasteiger partial charge in [0.2, 0.25) is 11.7 Å². The summed E-state index contributed by atoms with van der Waals surface area (Å²) in [5.41, 5.74) is 2.81. The van der Waals surface area contributed by atoms with Crippen molar-refractivity contribution >= 4 is 17.4 Å². The van der Waals surface area contributed by atoms with Gasteiger partial charge in [0.15, 0.2) is 0 Å². The fraction of sp³-hybridized carbons (Fsp3) is 0.182. The molecule has 1 aliphatic heterocycles. The Hall–Kier alpha value is -3.34. The molecular weight excluding hydrogens is 340 g/mol. The molecule has 0 unspecified atom stereocenters. The summed E-state index contributed by atoms with van der Waals surface area (Å²) in [6.07, 6.45) is 0.673. The number of hydrogen-bond acceptors (Lipinski definition) is 3. The van der Waals surface area contributed by atoms with Crippen molar-refractivity contribution in [2.45, 2.75) is 18.9 Å². The molecule has 1 amide bonds. The molecule has 0 saturated heterocycles. The maximum absolute atomic E-state index is 12.8. The maximum atomic E-state index is 12.8. The molecule has 1 N–H and O–H groups in total. The van der Waals surface area contributed by atoms with Crippen LogP contribution in [-0.2, 0) is 11.3 Å². The van der Waals surface area contributed by atoms with E-state index in [1.807, 2.05) is 71.3 Å². The van der Waals surface area contributed by atoms with E-state index in [0.29, 0.717) is 35.7 Å². The number of ether oxygens (including phenoxy) is 1. The minimum absolute atomic E-state index is 0.0207. The molecule has 0 radical (unpaired) electrons. The first-order chi connectivity index (χ1) is 13.2. The number of amides is 1. The Morgan fingerprint density at radius 1 is 1.00 bits per heavy atom. The second-order valence-electron chi connectivity index (χ2n) is 6.52. The van der Waals surface area contributed by atoms with Crippen molar-refractivity contribution in [3.05, 3.63) is 83.7 Å². The number of fused-ring (bicyclic) bond motifs is 1. The number of methoxy groups -OCH3 is 1. The van der Waals surface area contributed by atoms with Crippen LogP contribution in [-0.4, -0.2) is 23.4 Å². The molecule has 0 saturated carbocycles. The van der Waals surface area contributed by atoms with Crippen LogP contribution >= 0.6 is 0 Å². The third-order valence-electron chi connectivity index (χ3n) is 4.96. The molecule has 2 heterocycles. The van der Waals surface area contributed by atoms with Gasteiger partial charge in [-0.05, 0) is 30.7 Å². The summed E-state index contributed by atoms with van der Waals surface area (Å²) < 4.78 is 7.26. The molecule has 0 spiro atoms. The monoisotopic (exact) mass is 360 g/mol. The van der Waals surface area contributed by atoms with Crippen LogP contribution in [0.5, 0.6) is 5.75 Å². The van der Waals surface area contributed by atoms with Crippen molar-refractivity contribution in [1.82, 2.24) is 4.57 Å². The predicted molar refractivity (Wildman–Crippen MR) is 103 cm³/mol. The van der Waals surface area contributed by atoms with Gasteiger partial charge in [-0.25, -0.2) is 0 Å². The first kappa shape index (κ1) is 17.1. The minimum atomic E-state index is -0.285. The van der Waals surface area contributed by atoms with E-state index in [1.165, 1.54) is 0 Å². The molecule has 3 aromatic rings. The van der Waals surface area contributed by atoms with Gasteiger partial charge >= 0.3 is 0 Å². The SMILES string of the molecule is COc1ccccc1NC(=O)[C@H]1CCn2c(C(=O)c3ccccc3)ccc21. The van der Waals surface area contributed by atoms with Crippen molar-refractivity contribution < 1.29 is 14.3 Å². The van der Waals surface area contributed by atoms with Crippen LogP contribution in [0.1, 0.15) is 34.1 Å². The zero-order chi connectivity index (χ0) is 18.8. The second-order valence-corrected chi connectivity index (χ2v) is 6.52. The number of ketones is 1. The van der Waals surface area contributed by atoms with Crippen LogP contribution in [0.3, 0.4) is 0 Å². The quantitative estimate of drug-likeness (QED) is 0.703. The fourth-order valence-electron chi connectivity index (χ4n) is 3.61. The van der Waals surface area contributed by atoms with Crippen molar-refractivity contribution in [3.63, 3.8) is 0 Å². The Morgan fingerprint density at radius 2 is 1.74 bits per heavy atom. The fourth-order valence-corrected chi connectivity index (χ4v) is 3.61. The van der Waals surface area contributed by atoms with Crippen LogP contribution in [0.15, 0.2) is 66.7 Å². The Kier molecular flexibility index (Phi) is 4.50. The van der Waals surface area contributed by atoms with Crippen LogP contribution in [0.25, 0.3) is 0 Å². The van der Waals surface area contributed by atoms with Crippen LogP contribution in [0.4, 0.5) is 5.69 Å². The van der Waals surface area contributed by atoms with E-state index in [4.69, 9.17) is 4.74 Å². The highest BCUT2D eigenvalue weighted by atomic mass is 16.5. The predicted octanol–water partition coefficient (Wildman–Crippen LogP) is 3.85. The summed E-state index contributed by atoms with van der Waals surface area (Å²) in [5.74, 6) is 0.231. The number of carbonyl (C=O) groups is 2. The number of anilines is 1. The molecule has 5 heteroatoms. The topological polar surface area (TPSA) is 60.3 Å². The standard InChI is InChI=1S/C22H20N2O3/c1-27-20-10-6-5-9-17(20)23-22(26)16-13-14-24-18(16)11-12-19(24)21(25)15-7-3-2-4-8-15/h2-12,16H,13-14H2,1H3,(H,23,26)/t16-/m0/s1. The lowest BCUT2D eigenvalue weighted by Gasteiger charge is -2.13. The van der Waals surface area contributed by atoms with Crippen molar-refractivity contribution in [1.29, 1.82) is 0 Å². The molecule has 0 aliphatic carbocycles. The van der Waals surface area contributed by atoms with E-state index in [0.717, 1.165) is 5.69 Å². The van der Waals surface area contributed by atoms with E-state index < -0.39 is 0 Å². The third-order valence-corrected chi connectivity index (χ3v) is 4.96. The summed E-state index contributed by atoms with van der Waals surface area (Å²) >= 11 is 0. The first-order valence-electron chi connectivity index (χ1n) is 8.92. The zero-order valence-corrected chi connectivity index (χ0v) is 15.0. The average Bonchev–Trinajstić information content (AvgIpc) is 3.30. The normalized spacial score (nSPS) is 15.2. The van der Waals surface area contributed by atoms with Crippen LogP contribution < -0.4 is 10.1 Å². The number of rotatable bonds is 5. The zero-order valence-electron chi connectivity index (χ0n) is 15.0. The molecule has 27 heavy (non-hydrogen) atoms. The van der Waals surface area contributed by atoms with Gasteiger partial charge in [0.05, 0.1) is 24.4 Å². The Morgan fingerprint density at radius 3 is 2.52 bits per heavy atom. The number of benzene rings is 2. The van der Waals surface area contributed by atoms with Gasteiger partial charge in [-0.3, -0.25) is 9.59 Å². The number of para-hydroxylation sites is 2. The van der Waals surface area contributed by atoms with Gasteiger partial charge in [-0.1, -0.05) is 42.5 Å². The average molecular weight is 360 g/mol. The molecule has 5 nitrogen and oxygen atoms in total. The van der Waals surface area contributed by atoms with Gasteiger partial charge in [0, 0.05) is 17.8 Å². The largest absolute Gasteiger partial charge is 0.495 e. The molecule has 1 atom stereocenters. The summed E-state index contributed by atoms with van der Waals surface area (Å²) in [6, 6.07) is 20.2. The summed E-state index contributed by atoms with van der Waals surface area (Å²) in [5, 5.41) is 2.95. The molecule has 4 rings (SSSR count). The molecule has 136 valence electrons. The number of nitrogens with zero attached hydrogens (tertiary/aromatic N) is 1. The van der Waals surface area contributed by atoms with Crippen molar-refractivity contribution in [3.8, 4) is 5.75 Å². The van der Waals surface area contributed by atoms with Crippen molar-refractivity contribution in [2.24, 2.45) is 0 Å².